The van der Waals surface area contributed by atoms with Crippen molar-refractivity contribution in [3.63, 3.8) is 0 Å². The molecule has 0 radical (unpaired) electrons. The Labute approximate surface area is 161 Å². The first-order valence-electron chi connectivity index (χ1n) is 8.20. The normalized spacial score (nSPS) is 10.4. The molecule has 7 nitrogen and oxygen atoms in total. The molecule has 3 aromatic rings. The molecule has 0 spiro atoms. The topological polar surface area (TPSA) is 93.7 Å². The van der Waals surface area contributed by atoms with Crippen LogP contribution in [0.15, 0.2) is 47.6 Å². The van der Waals surface area contributed by atoms with Gasteiger partial charge in [0.15, 0.2) is 0 Å². The fourth-order valence-electron chi connectivity index (χ4n) is 2.37. The highest BCUT2D eigenvalue weighted by Gasteiger charge is 2.14. The van der Waals surface area contributed by atoms with Crippen LogP contribution in [0, 0.1) is 25.2 Å². The van der Waals surface area contributed by atoms with Crippen molar-refractivity contribution in [3.05, 3.63) is 64.7 Å². The molecule has 0 aliphatic rings. The van der Waals surface area contributed by atoms with Gasteiger partial charge >= 0.3 is 5.97 Å². The van der Waals surface area contributed by atoms with Crippen LogP contribution >= 0.6 is 11.8 Å². The highest BCUT2D eigenvalue weighted by molar-refractivity contribution is 7.99. The van der Waals surface area contributed by atoms with E-state index in [0.29, 0.717) is 10.7 Å². The Morgan fingerprint density at radius 2 is 2.00 bits per heavy atom. The fourth-order valence-corrected chi connectivity index (χ4v) is 3.05. The fraction of sp³-hybridized carbons (Fsp3) is 0.211. The molecule has 0 fully saturated rings. The van der Waals surface area contributed by atoms with Crippen LogP contribution in [-0.4, -0.2) is 31.9 Å². The second-order valence-corrected chi connectivity index (χ2v) is 6.86. The summed E-state index contributed by atoms with van der Waals surface area (Å²) in [5.74, 6) is -0.263. The highest BCUT2D eigenvalue weighted by atomic mass is 32.2. The van der Waals surface area contributed by atoms with E-state index < -0.39 is 0 Å². The van der Waals surface area contributed by atoms with Crippen LogP contribution in [0.1, 0.15) is 22.3 Å². The number of carbonyl (C=O) groups is 1. The number of rotatable bonds is 6. The summed E-state index contributed by atoms with van der Waals surface area (Å²) in [5, 5.41) is 21.1. The standard InChI is InChI=1S/C19H17N5O2S/c1-13-3-4-14(2)17(9-13)24-19(21-22-23-24)27-12-18(25)26-11-16-7-5-15(10-20)6-8-16/h3-9H,11-12H2,1-2H3. The summed E-state index contributed by atoms with van der Waals surface area (Å²) in [7, 11) is 0. The molecule has 0 saturated carbocycles. The lowest BCUT2D eigenvalue weighted by molar-refractivity contribution is -0.141. The summed E-state index contributed by atoms with van der Waals surface area (Å²) in [6.45, 7) is 4.14. The number of thioether (sulfide) groups is 1. The molecule has 1 heterocycles. The number of aromatic nitrogens is 4. The smallest absolute Gasteiger partial charge is 0.316 e. The number of benzene rings is 2. The molecule has 8 heteroatoms. The quantitative estimate of drug-likeness (QED) is 0.480. The summed E-state index contributed by atoms with van der Waals surface area (Å²) in [6.07, 6.45) is 0. The average molecular weight is 379 g/mol. The van der Waals surface area contributed by atoms with Crippen LogP contribution < -0.4 is 0 Å². The first-order valence-corrected chi connectivity index (χ1v) is 9.19. The molecule has 3 rings (SSSR count). The zero-order chi connectivity index (χ0) is 19.2. The number of aryl methyl sites for hydroxylation is 2. The third kappa shape index (κ3) is 4.71. The summed E-state index contributed by atoms with van der Waals surface area (Å²) in [6, 6.07) is 15.0. The van der Waals surface area contributed by atoms with Gasteiger partial charge in [-0.3, -0.25) is 4.79 Å². The molecule has 0 atom stereocenters. The van der Waals surface area contributed by atoms with Gasteiger partial charge in [0, 0.05) is 0 Å². The van der Waals surface area contributed by atoms with E-state index in [9.17, 15) is 4.79 Å². The van der Waals surface area contributed by atoms with Crippen LogP contribution in [0.25, 0.3) is 5.69 Å². The monoisotopic (exact) mass is 379 g/mol. The molecule has 0 saturated heterocycles. The molecule has 0 unspecified atom stereocenters. The first kappa shape index (κ1) is 18.6. The van der Waals surface area contributed by atoms with E-state index in [1.165, 1.54) is 11.8 Å². The van der Waals surface area contributed by atoms with Gasteiger partial charge in [0.05, 0.1) is 23.1 Å². The van der Waals surface area contributed by atoms with Gasteiger partial charge in [0.2, 0.25) is 5.16 Å². The molecule has 0 bridgehead atoms. The third-order valence-corrected chi connectivity index (χ3v) is 4.73. The number of carbonyl (C=O) groups excluding carboxylic acids is 1. The van der Waals surface area contributed by atoms with Gasteiger partial charge in [0.1, 0.15) is 6.61 Å². The Morgan fingerprint density at radius 3 is 2.74 bits per heavy atom. The maximum atomic E-state index is 12.0. The van der Waals surface area contributed by atoms with Gasteiger partial charge in [-0.2, -0.15) is 9.94 Å². The van der Waals surface area contributed by atoms with Crippen molar-refractivity contribution in [1.82, 2.24) is 20.2 Å². The van der Waals surface area contributed by atoms with Crippen molar-refractivity contribution >= 4 is 17.7 Å². The summed E-state index contributed by atoms with van der Waals surface area (Å²) < 4.78 is 6.89. The van der Waals surface area contributed by atoms with Crippen molar-refractivity contribution in [1.29, 1.82) is 5.26 Å². The molecule has 27 heavy (non-hydrogen) atoms. The molecular weight excluding hydrogens is 362 g/mol. The van der Waals surface area contributed by atoms with E-state index >= 15 is 0 Å². The highest BCUT2D eigenvalue weighted by Crippen LogP contribution is 2.21. The number of ether oxygens (including phenoxy) is 1. The number of esters is 1. The van der Waals surface area contributed by atoms with Crippen LogP contribution in [0.5, 0.6) is 0 Å². The second kappa shape index (κ2) is 8.47. The van der Waals surface area contributed by atoms with Crippen LogP contribution in [0.4, 0.5) is 0 Å². The summed E-state index contributed by atoms with van der Waals surface area (Å²) in [4.78, 5) is 12.0. The van der Waals surface area contributed by atoms with E-state index in [1.54, 1.807) is 28.9 Å². The molecule has 0 aliphatic carbocycles. The predicted molar refractivity (Wildman–Crippen MR) is 100 cm³/mol. The Kier molecular flexibility index (Phi) is 5.84. The maximum Gasteiger partial charge on any atom is 0.316 e. The SMILES string of the molecule is Cc1ccc(C)c(-n2nnnc2SCC(=O)OCc2ccc(C#N)cc2)c1. The zero-order valence-corrected chi connectivity index (χ0v) is 15.7. The minimum atomic E-state index is -0.361. The van der Waals surface area contributed by atoms with Gasteiger partial charge in [0.25, 0.3) is 0 Å². The van der Waals surface area contributed by atoms with Gasteiger partial charge < -0.3 is 4.74 Å². The molecule has 2 aromatic carbocycles. The lowest BCUT2D eigenvalue weighted by atomic mass is 10.1. The van der Waals surface area contributed by atoms with Gasteiger partial charge in [-0.05, 0) is 59.2 Å². The van der Waals surface area contributed by atoms with E-state index in [-0.39, 0.29) is 18.3 Å². The maximum absolute atomic E-state index is 12.0. The van der Waals surface area contributed by atoms with Gasteiger partial charge in [-0.1, -0.05) is 36.0 Å². The minimum Gasteiger partial charge on any atom is -0.460 e. The number of nitriles is 1. The molecule has 1 aromatic heterocycles. The molecule has 0 amide bonds. The Morgan fingerprint density at radius 1 is 1.22 bits per heavy atom. The van der Waals surface area contributed by atoms with E-state index in [4.69, 9.17) is 10.00 Å². The number of hydrogen-bond acceptors (Lipinski definition) is 7. The molecular formula is C19H17N5O2S. The van der Waals surface area contributed by atoms with Crippen molar-refractivity contribution in [3.8, 4) is 11.8 Å². The minimum absolute atomic E-state index is 0.0987. The van der Waals surface area contributed by atoms with E-state index in [0.717, 1.165) is 22.4 Å². The zero-order valence-electron chi connectivity index (χ0n) is 14.9. The van der Waals surface area contributed by atoms with Crippen LogP contribution in [0.3, 0.4) is 0 Å². The van der Waals surface area contributed by atoms with Crippen LogP contribution in [0.2, 0.25) is 0 Å². The average Bonchev–Trinajstić information content (AvgIpc) is 3.15. The predicted octanol–water partition coefficient (Wildman–Crippen LogP) is 2.99. The largest absolute Gasteiger partial charge is 0.460 e. The van der Waals surface area contributed by atoms with Crippen molar-refractivity contribution < 1.29 is 9.53 Å². The second-order valence-electron chi connectivity index (χ2n) is 5.92. The molecule has 0 N–H and O–H groups in total. The van der Waals surface area contributed by atoms with Crippen molar-refractivity contribution in [2.45, 2.75) is 25.6 Å². The Bertz CT molecular complexity index is 992. The summed E-state index contributed by atoms with van der Waals surface area (Å²) >= 11 is 1.22. The number of nitrogens with zero attached hydrogens (tertiary/aromatic N) is 5. The first-order chi connectivity index (χ1) is 13.1. The van der Waals surface area contributed by atoms with Gasteiger partial charge in [-0.15, -0.1) is 5.10 Å². The third-order valence-electron chi connectivity index (χ3n) is 3.84. The lowest BCUT2D eigenvalue weighted by Crippen LogP contribution is -2.09. The van der Waals surface area contributed by atoms with Crippen LogP contribution in [-0.2, 0) is 16.1 Å². The molecule has 0 aliphatic heterocycles. The number of hydrogen-bond donors (Lipinski definition) is 0. The van der Waals surface area contributed by atoms with Crippen molar-refractivity contribution in [2.75, 3.05) is 5.75 Å². The van der Waals surface area contributed by atoms with E-state index in [2.05, 4.69) is 15.5 Å². The number of tetrazole rings is 1. The van der Waals surface area contributed by atoms with Crippen molar-refractivity contribution in [2.24, 2.45) is 0 Å². The Hall–Kier alpha value is -3.18. The Balaban J connectivity index is 1.59. The summed E-state index contributed by atoms with van der Waals surface area (Å²) in [5.41, 5.74) is 4.42. The van der Waals surface area contributed by atoms with E-state index in [1.807, 2.05) is 38.1 Å². The lowest BCUT2D eigenvalue weighted by Gasteiger charge is -2.08. The molecule has 136 valence electrons. The van der Waals surface area contributed by atoms with Gasteiger partial charge in [-0.25, -0.2) is 0 Å².